The van der Waals surface area contributed by atoms with Crippen molar-refractivity contribution in [3.63, 3.8) is 0 Å². The third-order valence-corrected chi connectivity index (χ3v) is 4.51. The zero-order chi connectivity index (χ0) is 16.2. The number of nitrogens with zero attached hydrogens (tertiary/aromatic N) is 2. The maximum absolute atomic E-state index is 5.37. The second kappa shape index (κ2) is 6.96. The Bertz CT molecular complexity index is 631. The zero-order valence-electron chi connectivity index (χ0n) is 14.1. The summed E-state index contributed by atoms with van der Waals surface area (Å²) in [7, 11) is 5.46. The van der Waals surface area contributed by atoms with Crippen molar-refractivity contribution in [1.29, 1.82) is 0 Å². The average Bonchev–Trinajstić information content (AvgIpc) is 3.21. The van der Waals surface area contributed by atoms with Gasteiger partial charge in [0.25, 0.3) is 0 Å². The largest absolute Gasteiger partial charge is 0.497 e. The Kier molecular flexibility index (Phi) is 4.76. The van der Waals surface area contributed by atoms with Gasteiger partial charge in [-0.3, -0.25) is 0 Å². The van der Waals surface area contributed by atoms with E-state index in [0.717, 1.165) is 43.2 Å². The lowest BCUT2D eigenvalue weighted by Gasteiger charge is -2.20. The summed E-state index contributed by atoms with van der Waals surface area (Å²) in [6, 6.07) is 10.8. The molecule has 1 atom stereocenters. The molecule has 1 aromatic heterocycles. The third-order valence-electron chi connectivity index (χ3n) is 4.51. The van der Waals surface area contributed by atoms with Gasteiger partial charge in [-0.15, -0.1) is 0 Å². The van der Waals surface area contributed by atoms with Gasteiger partial charge in [0.15, 0.2) is 0 Å². The van der Waals surface area contributed by atoms with E-state index in [1.807, 2.05) is 6.07 Å². The Balaban J connectivity index is 1.62. The fraction of sp³-hybridized carbons (Fsp3) is 0.444. The minimum Gasteiger partial charge on any atom is -0.497 e. The molecule has 0 amide bonds. The molecular weight excluding hydrogens is 290 g/mol. The number of hydrogen-bond donors (Lipinski definition) is 1. The number of aromatic nitrogens is 1. The number of hydrogen-bond acceptors (Lipinski definition) is 4. The molecular formula is C18H25N3O2. The van der Waals surface area contributed by atoms with Crippen molar-refractivity contribution in [2.75, 3.05) is 32.2 Å². The monoisotopic (exact) mass is 315 g/mol. The van der Waals surface area contributed by atoms with Crippen LogP contribution in [0.25, 0.3) is 0 Å². The highest BCUT2D eigenvalue weighted by Gasteiger charge is 2.23. The number of ether oxygens (including phenoxy) is 2. The lowest BCUT2D eigenvalue weighted by Crippen LogP contribution is -2.32. The molecule has 1 aliphatic heterocycles. The Labute approximate surface area is 137 Å². The Morgan fingerprint density at radius 1 is 1.17 bits per heavy atom. The van der Waals surface area contributed by atoms with Crippen molar-refractivity contribution < 1.29 is 9.47 Å². The van der Waals surface area contributed by atoms with Gasteiger partial charge in [0, 0.05) is 68.5 Å². The van der Waals surface area contributed by atoms with E-state index in [-0.39, 0.29) is 0 Å². The highest BCUT2D eigenvalue weighted by atomic mass is 16.5. The zero-order valence-corrected chi connectivity index (χ0v) is 14.1. The number of nitrogens with one attached hydrogen (secondary N) is 1. The van der Waals surface area contributed by atoms with Gasteiger partial charge in [0.05, 0.1) is 14.2 Å². The third kappa shape index (κ3) is 3.62. The van der Waals surface area contributed by atoms with Crippen LogP contribution in [0.2, 0.25) is 0 Å². The molecule has 3 rings (SSSR count). The van der Waals surface area contributed by atoms with E-state index in [9.17, 15) is 0 Å². The maximum Gasteiger partial charge on any atom is 0.124 e. The van der Waals surface area contributed by atoms with Crippen LogP contribution in [-0.2, 0) is 13.6 Å². The Hall–Kier alpha value is -2.14. The highest BCUT2D eigenvalue weighted by Crippen LogP contribution is 2.30. The van der Waals surface area contributed by atoms with E-state index in [4.69, 9.17) is 9.47 Å². The molecule has 1 N–H and O–H groups in total. The molecule has 0 spiro atoms. The van der Waals surface area contributed by atoms with E-state index in [2.05, 4.69) is 52.3 Å². The van der Waals surface area contributed by atoms with Gasteiger partial charge >= 0.3 is 0 Å². The highest BCUT2D eigenvalue weighted by molar-refractivity contribution is 5.56. The van der Waals surface area contributed by atoms with E-state index >= 15 is 0 Å². The second-order valence-corrected chi connectivity index (χ2v) is 5.99. The maximum atomic E-state index is 5.37. The van der Waals surface area contributed by atoms with E-state index < -0.39 is 0 Å². The molecule has 1 saturated heterocycles. The smallest absolute Gasteiger partial charge is 0.124 e. The van der Waals surface area contributed by atoms with Crippen LogP contribution in [0.3, 0.4) is 0 Å². The van der Waals surface area contributed by atoms with Gasteiger partial charge < -0.3 is 24.3 Å². The quantitative estimate of drug-likeness (QED) is 0.888. The fourth-order valence-electron chi connectivity index (χ4n) is 3.07. The van der Waals surface area contributed by atoms with Crippen LogP contribution in [-0.4, -0.2) is 37.9 Å². The number of rotatable bonds is 6. The summed E-state index contributed by atoms with van der Waals surface area (Å²) in [5.74, 6) is 1.67. The predicted octanol–water partition coefficient (Wildman–Crippen LogP) is 2.41. The van der Waals surface area contributed by atoms with Gasteiger partial charge in [-0.2, -0.15) is 0 Å². The molecule has 0 saturated carbocycles. The standard InChI is InChI=1S/C18H25N3O2/c1-20-7-4-5-15(20)12-19-14-6-8-21(13-14)16-9-17(22-2)11-18(10-16)23-3/h4-5,7,9-11,14,19H,6,8,12-13H2,1-3H3. The topological polar surface area (TPSA) is 38.7 Å². The van der Waals surface area contributed by atoms with Gasteiger partial charge in [-0.1, -0.05) is 0 Å². The summed E-state index contributed by atoms with van der Waals surface area (Å²) in [4.78, 5) is 2.38. The molecule has 1 aromatic carbocycles. The number of aryl methyl sites for hydroxylation is 1. The van der Waals surface area contributed by atoms with Gasteiger partial charge in [-0.25, -0.2) is 0 Å². The summed E-state index contributed by atoms with van der Waals surface area (Å²) >= 11 is 0. The number of anilines is 1. The number of benzene rings is 1. The van der Waals surface area contributed by atoms with Crippen molar-refractivity contribution in [3.8, 4) is 11.5 Å². The molecule has 0 aliphatic carbocycles. The lowest BCUT2D eigenvalue weighted by molar-refractivity contribution is 0.394. The molecule has 1 unspecified atom stereocenters. The predicted molar refractivity (Wildman–Crippen MR) is 92.4 cm³/mol. The van der Waals surface area contributed by atoms with Gasteiger partial charge in [0.2, 0.25) is 0 Å². The first-order valence-electron chi connectivity index (χ1n) is 8.01. The van der Waals surface area contributed by atoms with Crippen LogP contribution in [0, 0.1) is 0 Å². The summed E-state index contributed by atoms with van der Waals surface area (Å²) in [6.45, 7) is 2.95. The molecule has 1 aliphatic rings. The molecule has 0 bridgehead atoms. The van der Waals surface area contributed by atoms with E-state index in [1.54, 1.807) is 14.2 Å². The molecule has 2 aromatic rings. The molecule has 1 fully saturated rings. The van der Waals surface area contributed by atoms with Gasteiger partial charge in [-0.05, 0) is 18.6 Å². The van der Waals surface area contributed by atoms with Crippen LogP contribution in [0.15, 0.2) is 36.5 Å². The lowest BCUT2D eigenvalue weighted by atomic mass is 10.2. The van der Waals surface area contributed by atoms with Crippen molar-refractivity contribution in [2.45, 2.75) is 19.0 Å². The minimum atomic E-state index is 0.502. The Morgan fingerprint density at radius 2 is 1.91 bits per heavy atom. The van der Waals surface area contributed by atoms with E-state index in [1.165, 1.54) is 5.69 Å². The normalized spacial score (nSPS) is 17.5. The number of methoxy groups -OCH3 is 2. The first-order valence-corrected chi connectivity index (χ1v) is 8.01. The van der Waals surface area contributed by atoms with Crippen LogP contribution in [0.1, 0.15) is 12.1 Å². The second-order valence-electron chi connectivity index (χ2n) is 5.99. The van der Waals surface area contributed by atoms with Crippen LogP contribution in [0.5, 0.6) is 11.5 Å². The molecule has 0 radical (unpaired) electrons. The molecule has 2 heterocycles. The van der Waals surface area contributed by atoms with Crippen LogP contribution < -0.4 is 19.7 Å². The minimum absolute atomic E-state index is 0.502. The van der Waals surface area contributed by atoms with Crippen molar-refractivity contribution in [1.82, 2.24) is 9.88 Å². The van der Waals surface area contributed by atoms with Crippen molar-refractivity contribution in [3.05, 3.63) is 42.2 Å². The first kappa shape index (κ1) is 15.7. The first-order chi connectivity index (χ1) is 11.2. The molecule has 23 heavy (non-hydrogen) atoms. The summed E-state index contributed by atoms with van der Waals surface area (Å²) < 4.78 is 12.9. The SMILES string of the molecule is COc1cc(OC)cc(N2CCC(NCc3cccn3C)C2)c1. The van der Waals surface area contributed by atoms with Gasteiger partial charge in [0.1, 0.15) is 11.5 Å². The van der Waals surface area contributed by atoms with E-state index in [0.29, 0.717) is 6.04 Å². The molecule has 5 heteroatoms. The van der Waals surface area contributed by atoms with Crippen LogP contribution in [0.4, 0.5) is 5.69 Å². The van der Waals surface area contributed by atoms with Crippen molar-refractivity contribution in [2.24, 2.45) is 7.05 Å². The van der Waals surface area contributed by atoms with Crippen molar-refractivity contribution >= 4 is 5.69 Å². The van der Waals surface area contributed by atoms with Crippen LogP contribution >= 0.6 is 0 Å². The Morgan fingerprint density at radius 3 is 2.52 bits per heavy atom. The average molecular weight is 315 g/mol. The molecule has 5 nitrogen and oxygen atoms in total. The summed E-state index contributed by atoms with van der Waals surface area (Å²) in [5.41, 5.74) is 2.47. The summed E-state index contributed by atoms with van der Waals surface area (Å²) in [5, 5.41) is 3.66. The molecule has 124 valence electrons. The summed E-state index contributed by atoms with van der Waals surface area (Å²) in [6.07, 6.45) is 3.23. The fourth-order valence-corrected chi connectivity index (χ4v) is 3.07.